The fraction of sp³-hybridized carbons (Fsp3) is 0.667. The summed E-state index contributed by atoms with van der Waals surface area (Å²) in [7, 11) is 0. The summed E-state index contributed by atoms with van der Waals surface area (Å²) < 4.78 is 0. The predicted octanol–water partition coefficient (Wildman–Crippen LogP) is 1.62. The molecule has 4 heteroatoms. The topological polar surface area (TPSA) is 48.1 Å². The Kier molecular flexibility index (Phi) is 9.19. The first kappa shape index (κ1) is 17.4. The molecule has 22 heavy (non-hydrogen) atoms. The molecule has 0 aromatic heterocycles. The maximum atomic E-state index is 3.52. The summed E-state index contributed by atoms with van der Waals surface area (Å²) in [5, 5.41) is 14.1. The molecule has 1 aromatic rings. The van der Waals surface area contributed by atoms with Crippen LogP contribution in [-0.2, 0) is 13.1 Å². The minimum absolute atomic E-state index is 0.972. The van der Waals surface area contributed by atoms with Crippen molar-refractivity contribution in [2.75, 3.05) is 39.3 Å². The molecule has 0 aliphatic carbocycles. The second-order valence-corrected chi connectivity index (χ2v) is 6.08. The van der Waals surface area contributed by atoms with Gasteiger partial charge in [-0.25, -0.2) is 0 Å². The molecular formula is C18H32N4. The standard InChI is InChI=1S/C18H32N4/c1-2-10-20-12-4-14-22-16-18-7-5-17(6-8-18)15-21-13-3-11-19-9-1/h5-8,19-22H,1-4,9-16H2. The number of rotatable bonds is 0. The zero-order valence-corrected chi connectivity index (χ0v) is 13.8. The van der Waals surface area contributed by atoms with E-state index in [0.717, 1.165) is 52.4 Å². The van der Waals surface area contributed by atoms with Crippen LogP contribution in [0.5, 0.6) is 0 Å². The van der Waals surface area contributed by atoms with Crippen LogP contribution in [0.4, 0.5) is 0 Å². The van der Waals surface area contributed by atoms with Crippen LogP contribution in [0.15, 0.2) is 24.3 Å². The zero-order chi connectivity index (χ0) is 15.3. The lowest BCUT2D eigenvalue weighted by molar-refractivity contribution is 0.546. The SMILES string of the molecule is c1cc2ccc1CNCCCNCCCCNCCCNC2. The van der Waals surface area contributed by atoms with Gasteiger partial charge in [-0.15, -0.1) is 0 Å². The van der Waals surface area contributed by atoms with Gasteiger partial charge in [-0.05, 0) is 76.1 Å². The Bertz CT molecular complexity index is 340. The Morgan fingerprint density at radius 1 is 0.455 bits per heavy atom. The number of hydrogen-bond donors (Lipinski definition) is 4. The highest BCUT2D eigenvalue weighted by molar-refractivity contribution is 5.22. The van der Waals surface area contributed by atoms with Crippen molar-refractivity contribution in [2.45, 2.75) is 38.8 Å². The summed E-state index contributed by atoms with van der Waals surface area (Å²) in [4.78, 5) is 0. The van der Waals surface area contributed by atoms with Gasteiger partial charge in [-0.1, -0.05) is 24.3 Å². The maximum Gasteiger partial charge on any atom is 0.0205 e. The summed E-state index contributed by atoms with van der Waals surface area (Å²) in [5.74, 6) is 0. The number of nitrogens with one attached hydrogen (secondary N) is 4. The fourth-order valence-electron chi connectivity index (χ4n) is 2.67. The van der Waals surface area contributed by atoms with Gasteiger partial charge in [0.1, 0.15) is 0 Å². The lowest BCUT2D eigenvalue weighted by Crippen LogP contribution is -2.25. The fourth-order valence-corrected chi connectivity index (χ4v) is 2.67. The number of fused-ring (bicyclic) bond motifs is 17. The molecule has 2 aliphatic rings. The molecule has 0 saturated heterocycles. The van der Waals surface area contributed by atoms with Crippen molar-refractivity contribution in [2.24, 2.45) is 0 Å². The smallest absolute Gasteiger partial charge is 0.0205 e. The molecule has 4 nitrogen and oxygen atoms in total. The van der Waals surface area contributed by atoms with Crippen molar-refractivity contribution in [3.8, 4) is 0 Å². The summed E-state index contributed by atoms with van der Waals surface area (Å²) in [6, 6.07) is 8.95. The highest BCUT2D eigenvalue weighted by atomic mass is 14.9. The van der Waals surface area contributed by atoms with E-state index in [1.165, 1.54) is 36.8 Å². The highest BCUT2D eigenvalue weighted by Gasteiger charge is 1.97. The van der Waals surface area contributed by atoms with E-state index < -0.39 is 0 Å². The van der Waals surface area contributed by atoms with Crippen LogP contribution >= 0.6 is 0 Å². The molecule has 3 rings (SSSR count). The molecule has 4 N–H and O–H groups in total. The molecule has 2 bridgehead atoms. The third-order valence-corrected chi connectivity index (χ3v) is 4.05. The van der Waals surface area contributed by atoms with Crippen LogP contribution in [0.3, 0.4) is 0 Å². The van der Waals surface area contributed by atoms with E-state index in [-0.39, 0.29) is 0 Å². The number of hydrogen-bond acceptors (Lipinski definition) is 4. The van der Waals surface area contributed by atoms with Crippen molar-refractivity contribution in [3.63, 3.8) is 0 Å². The summed E-state index contributed by atoms with van der Waals surface area (Å²) in [6.07, 6.45) is 4.93. The van der Waals surface area contributed by atoms with E-state index in [4.69, 9.17) is 0 Å². The van der Waals surface area contributed by atoms with Gasteiger partial charge in [-0.3, -0.25) is 0 Å². The van der Waals surface area contributed by atoms with Gasteiger partial charge in [0, 0.05) is 13.1 Å². The Morgan fingerprint density at radius 2 is 0.818 bits per heavy atom. The summed E-state index contributed by atoms with van der Waals surface area (Å²) in [6.45, 7) is 8.62. The van der Waals surface area contributed by atoms with E-state index >= 15 is 0 Å². The highest BCUT2D eigenvalue weighted by Crippen LogP contribution is 2.04. The van der Waals surface area contributed by atoms with E-state index in [9.17, 15) is 0 Å². The second-order valence-electron chi connectivity index (χ2n) is 6.08. The lowest BCUT2D eigenvalue weighted by Gasteiger charge is -2.10. The van der Waals surface area contributed by atoms with E-state index in [2.05, 4.69) is 45.5 Å². The van der Waals surface area contributed by atoms with E-state index in [1.54, 1.807) is 0 Å². The molecule has 2 aliphatic heterocycles. The first-order chi connectivity index (χ1) is 10.9. The summed E-state index contributed by atoms with van der Waals surface area (Å²) in [5.41, 5.74) is 2.74. The Morgan fingerprint density at radius 3 is 1.27 bits per heavy atom. The van der Waals surface area contributed by atoms with Gasteiger partial charge in [-0.2, -0.15) is 0 Å². The average Bonchev–Trinajstić information content (AvgIpc) is 2.55. The molecular weight excluding hydrogens is 272 g/mol. The van der Waals surface area contributed by atoms with Crippen molar-refractivity contribution in [3.05, 3.63) is 35.4 Å². The Balaban J connectivity index is 1.73. The molecule has 124 valence electrons. The second kappa shape index (κ2) is 11.6. The van der Waals surface area contributed by atoms with Crippen LogP contribution in [0.1, 0.15) is 36.8 Å². The van der Waals surface area contributed by atoms with Gasteiger partial charge in [0.05, 0.1) is 0 Å². The van der Waals surface area contributed by atoms with Crippen molar-refractivity contribution < 1.29 is 0 Å². The predicted molar refractivity (Wildman–Crippen MR) is 94.1 cm³/mol. The van der Waals surface area contributed by atoms with Gasteiger partial charge in [0.25, 0.3) is 0 Å². The Hall–Kier alpha value is -0.940. The first-order valence-electron chi connectivity index (χ1n) is 8.86. The van der Waals surface area contributed by atoms with E-state index in [0.29, 0.717) is 0 Å². The maximum absolute atomic E-state index is 3.52. The van der Waals surface area contributed by atoms with Gasteiger partial charge in [0.15, 0.2) is 0 Å². The molecule has 0 spiro atoms. The lowest BCUT2D eigenvalue weighted by atomic mass is 10.1. The molecule has 0 fully saturated rings. The monoisotopic (exact) mass is 304 g/mol. The zero-order valence-electron chi connectivity index (χ0n) is 13.8. The van der Waals surface area contributed by atoms with E-state index in [1.807, 2.05) is 0 Å². The van der Waals surface area contributed by atoms with Crippen LogP contribution in [-0.4, -0.2) is 39.3 Å². The molecule has 0 radical (unpaired) electrons. The van der Waals surface area contributed by atoms with Crippen molar-refractivity contribution in [1.29, 1.82) is 0 Å². The quantitative estimate of drug-likeness (QED) is 0.588. The average molecular weight is 304 g/mol. The van der Waals surface area contributed by atoms with Crippen molar-refractivity contribution >= 4 is 0 Å². The minimum atomic E-state index is 0.972. The molecule has 0 atom stereocenters. The van der Waals surface area contributed by atoms with Crippen LogP contribution < -0.4 is 21.3 Å². The van der Waals surface area contributed by atoms with Gasteiger partial charge >= 0.3 is 0 Å². The third kappa shape index (κ3) is 7.90. The largest absolute Gasteiger partial charge is 0.317 e. The molecule has 0 saturated carbocycles. The van der Waals surface area contributed by atoms with Gasteiger partial charge < -0.3 is 21.3 Å². The van der Waals surface area contributed by atoms with Crippen molar-refractivity contribution in [1.82, 2.24) is 21.3 Å². The third-order valence-electron chi connectivity index (χ3n) is 4.05. The summed E-state index contributed by atoms with van der Waals surface area (Å²) >= 11 is 0. The van der Waals surface area contributed by atoms with Gasteiger partial charge in [0.2, 0.25) is 0 Å². The van der Waals surface area contributed by atoms with Crippen LogP contribution in [0.25, 0.3) is 0 Å². The molecule has 0 amide bonds. The molecule has 0 unspecified atom stereocenters. The first-order valence-corrected chi connectivity index (χ1v) is 8.86. The Labute approximate surface area is 135 Å². The van der Waals surface area contributed by atoms with Crippen LogP contribution in [0.2, 0.25) is 0 Å². The number of benzene rings is 1. The molecule has 2 heterocycles. The normalized spacial score (nSPS) is 20.5. The minimum Gasteiger partial charge on any atom is -0.317 e. The van der Waals surface area contributed by atoms with Crippen LogP contribution in [0, 0.1) is 0 Å². The molecule has 1 aromatic carbocycles.